The Morgan fingerprint density at radius 2 is 2.03 bits per heavy atom. The van der Waals surface area contributed by atoms with Crippen LogP contribution in [0.1, 0.15) is 53.3 Å². The highest BCUT2D eigenvalue weighted by atomic mass is 35.5. The molecule has 0 spiro atoms. The fourth-order valence-corrected chi connectivity index (χ4v) is 6.93. The van der Waals surface area contributed by atoms with Crippen LogP contribution in [-0.2, 0) is 11.3 Å². The van der Waals surface area contributed by atoms with Crippen LogP contribution in [0.5, 0.6) is 0 Å². The van der Waals surface area contributed by atoms with Crippen molar-refractivity contribution in [2.75, 3.05) is 11.4 Å². The molecule has 2 saturated carbocycles. The summed E-state index contributed by atoms with van der Waals surface area (Å²) < 4.78 is 13.2. The standard InChI is InChI=1S/C27H23Cl2N3O4S/c28-17-2-1-3-18(29)24(17)25-16(26(36-31-25)13-4-5-13)11-35-22-6-7-32(20-8-14(20)22)21-10-19-23(37-12-30-19)9-15(21)27(33)34/h1-3,9-10,12-14,20,22H,4-8,11H2,(H,33,34). The Morgan fingerprint density at radius 3 is 2.78 bits per heavy atom. The second kappa shape index (κ2) is 8.98. The number of carboxylic acids is 1. The molecule has 10 heteroatoms. The summed E-state index contributed by atoms with van der Waals surface area (Å²) >= 11 is 14.5. The number of ether oxygens (including phenoxy) is 1. The number of carboxylic acid groups (broad SMARTS) is 1. The van der Waals surface area contributed by atoms with E-state index in [1.807, 2.05) is 12.1 Å². The number of nitrogens with zero attached hydrogens (tertiary/aromatic N) is 3. The van der Waals surface area contributed by atoms with Crippen molar-refractivity contribution in [3.63, 3.8) is 0 Å². The van der Waals surface area contributed by atoms with Crippen LogP contribution in [0, 0.1) is 5.92 Å². The molecule has 1 aliphatic heterocycles. The van der Waals surface area contributed by atoms with Crippen LogP contribution in [0.25, 0.3) is 21.5 Å². The molecule has 3 fully saturated rings. The molecule has 3 atom stereocenters. The quantitative estimate of drug-likeness (QED) is 0.262. The number of piperidine rings is 1. The predicted molar refractivity (Wildman–Crippen MR) is 143 cm³/mol. The molecule has 1 saturated heterocycles. The maximum atomic E-state index is 12.0. The molecule has 2 aliphatic carbocycles. The van der Waals surface area contributed by atoms with Crippen LogP contribution in [0.15, 0.2) is 40.4 Å². The number of benzene rings is 2. The Bertz CT molecular complexity index is 1510. The molecule has 0 amide bonds. The third kappa shape index (κ3) is 4.11. The number of aromatic carboxylic acids is 1. The van der Waals surface area contributed by atoms with E-state index in [-0.39, 0.29) is 12.1 Å². The third-order valence-corrected chi connectivity index (χ3v) is 9.16. The number of aromatic nitrogens is 2. The van der Waals surface area contributed by atoms with Crippen LogP contribution in [0.2, 0.25) is 10.0 Å². The van der Waals surface area contributed by atoms with Crippen molar-refractivity contribution in [3.8, 4) is 11.3 Å². The number of rotatable bonds is 7. The largest absolute Gasteiger partial charge is 0.478 e. The van der Waals surface area contributed by atoms with Crippen molar-refractivity contribution in [2.45, 2.75) is 50.4 Å². The molecule has 3 aliphatic rings. The first kappa shape index (κ1) is 23.5. The van der Waals surface area contributed by atoms with E-state index in [4.69, 9.17) is 32.5 Å². The first-order valence-corrected chi connectivity index (χ1v) is 14.0. The van der Waals surface area contributed by atoms with E-state index in [9.17, 15) is 9.90 Å². The molecule has 2 aromatic heterocycles. The lowest BCUT2D eigenvalue weighted by atomic mass is 10.0. The highest BCUT2D eigenvalue weighted by Gasteiger charge is 2.51. The van der Waals surface area contributed by atoms with Gasteiger partial charge in [-0.3, -0.25) is 0 Å². The number of hydrogen-bond donors (Lipinski definition) is 1. The van der Waals surface area contributed by atoms with Crippen molar-refractivity contribution in [2.24, 2.45) is 5.92 Å². The monoisotopic (exact) mass is 555 g/mol. The number of halogens is 2. The molecule has 1 N–H and O–H groups in total. The van der Waals surface area contributed by atoms with Crippen molar-refractivity contribution in [3.05, 3.63) is 62.8 Å². The van der Waals surface area contributed by atoms with Gasteiger partial charge in [0.1, 0.15) is 11.5 Å². The van der Waals surface area contributed by atoms with Crippen molar-refractivity contribution in [1.29, 1.82) is 0 Å². The van der Waals surface area contributed by atoms with Crippen LogP contribution < -0.4 is 4.90 Å². The molecule has 0 bridgehead atoms. The average Bonchev–Trinajstić information content (AvgIpc) is 3.79. The summed E-state index contributed by atoms with van der Waals surface area (Å²) in [7, 11) is 0. The van der Waals surface area contributed by atoms with Crippen LogP contribution in [0.3, 0.4) is 0 Å². The second-order valence-corrected chi connectivity index (χ2v) is 11.7. The molecule has 3 heterocycles. The van der Waals surface area contributed by atoms with Crippen molar-refractivity contribution >= 4 is 56.4 Å². The van der Waals surface area contributed by atoms with E-state index in [1.165, 1.54) is 11.3 Å². The smallest absolute Gasteiger partial charge is 0.337 e. The molecule has 2 aromatic carbocycles. The Hall–Kier alpha value is -2.65. The summed E-state index contributed by atoms with van der Waals surface area (Å²) in [5.74, 6) is 0.676. The lowest BCUT2D eigenvalue weighted by molar-refractivity contribution is 0.0141. The maximum Gasteiger partial charge on any atom is 0.337 e. The van der Waals surface area contributed by atoms with E-state index in [2.05, 4.69) is 15.0 Å². The summed E-state index contributed by atoms with van der Waals surface area (Å²) in [6.07, 6.45) is 4.02. The number of thiazole rings is 1. The molecule has 190 valence electrons. The summed E-state index contributed by atoms with van der Waals surface area (Å²) in [6.45, 7) is 1.11. The first-order valence-electron chi connectivity index (χ1n) is 12.4. The second-order valence-electron chi connectivity index (χ2n) is 10.0. The summed E-state index contributed by atoms with van der Waals surface area (Å²) in [5, 5.41) is 15.3. The van der Waals surface area contributed by atoms with Gasteiger partial charge in [-0.2, -0.15) is 0 Å². The Labute approximate surface area is 226 Å². The van der Waals surface area contributed by atoms with Crippen LogP contribution in [0.4, 0.5) is 5.69 Å². The van der Waals surface area contributed by atoms with Gasteiger partial charge in [0.2, 0.25) is 0 Å². The third-order valence-electron chi connectivity index (χ3n) is 7.73. The lowest BCUT2D eigenvalue weighted by Gasteiger charge is -2.34. The van der Waals surface area contributed by atoms with Gasteiger partial charge in [0.05, 0.1) is 49.7 Å². The number of anilines is 1. The zero-order valence-corrected chi connectivity index (χ0v) is 22.0. The van der Waals surface area contributed by atoms with Crippen molar-refractivity contribution < 1.29 is 19.2 Å². The minimum atomic E-state index is -0.910. The van der Waals surface area contributed by atoms with Gasteiger partial charge in [0, 0.05) is 35.5 Å². The Morgan fingerprint density at radius 1 is 1.22 bits per heavy atom. The van der Waals surface area contributed by atoms with E-state index < -0.39 is 5.97 Å². The fourth-order valence-electron chi connectivity index (χ4n) is 5.65. The molecule has 0 radical (unpaired) electrons. The molecule has 37 heavy (non-hydrogen) atoms. The molecule has 7 nitrogen and oxygen atoms in total. The van der Waals surface area contributed by atoms with Gasteiger partial charge in [-0.1, -0.05) is 34.4 Å². The van der Waals surface area contributed by atoms with Gasteiger partial charge in [-0.25, -0.2) is 9.78 Å². The number of carbonyl (C=O) groups is 1. The number of hydrogen-bond acceptors (Lipinski definition) is 7. The highest BCUT2D eigenvalue weighted by Crippen LogP contribution is 2.49. The topological polar surface area (TPSA) is 88.7 Å². The lowest BCUT2D eigenvalue weighted by Crippen LogP contribution is -2.39. The van der Waals surface area contributed by atoms with Gasteiger partial charge in [-0.15, -0.1) is 11.3 Å². The Kier molecular flexibility index (Phi) is 5.69. The van der Waals surface area contributed by atoms with Crippen LogP contribution in [-0.4, -0.2) is 39.9 Å². The summed E-state index contributed by atoms with van der Waals surface area (Å²) in [4.78, 5) is 18.7. The van der Waals surface area contributed by atoms with E-state index in [0.717, 1.165) is 59.5 Å². The normalized spacial score (nSPS) is 22.9. The fraction of sp³-hybridized carbons (Fsp3) is 0.370. The summed E-state index contributed by atoms with van der Waals surface area (Å²) in [6, 6.07) is 9.35. The van der Waals surface area contributed by atoms with E-state index in [1.54, 1.807) is 23.7 Å². The Balaban J connectivity index is 1.12. The van der Waals surface area contributed by atoms with Gasteiger partial charge in [-0.05, 0) is 49.9 Å². The average molecular weight is 556 g/mol. The zero-order valence-electron chi connectivity index (χ0n) is 19.7. The minimum absolute atomic E-state index is 0.0778. The van der Waals surface area contributed by atoms with Gasteiger partial charge in [0.25, 0.3) is 0 Å². The molecular formula is C27H23Cl2N3O4S. The van der Waals surface area contributed by atoms with E-state index >= 15 is 0 Å². The van der Waals surface area contributed by atoms with Crippen LogP contribution >= 0.6 is 34.5 Å². The number of fused-ring (bicyclic) bond motifs is 2. The first-order chi connectivity index (χ1) is 18.0. The van der Waals surface area contributed by atoms with E-state index in [0.29, 0.717) is 45.3 Å². The zero-order chi connectivity index (χ0) is 25.3. The maximum absolute atomic E-state index is 12.0. The van der Waals surface area contributed by atoms with Gasteiger partial charge >= 0.3 is 5.97 Å². The molecular weight excluding hydrogens is 533 g/mol. The minimum Gasteiger partial charge on any atom is -0.478 e. The molecule has 7 rings (SSSR count). The SMILES string of the molecule is O=C(O)c1cc2scnc2cc1N1CCC(OCc2c(-c3c(Cl)cccc3Cl)noc2C2CC2)C2CC21. The van der Waals surface area contributed by atoms with Crippen molar-refractivity contribution in [1.82, 2.24) is 10.1 Å². The molecule has 4 aromatic rings. The summed E-state index contributed by atoms with van der Waals surface area (Å²) in [5.41, 5.74) is 5.95. The predicted octanol–water partition coefficient (Wildman–Crippen LogP) is 7.02. The van der Waals surface area contributed by atoms with Gasteiger partial charge in [0.15, 0.2) is 0 Å². The highest BCUT2D eigenvalue weighted by molar-refractivity contribution is 7.16. The van der Waals surface area contributed by atoms with Gasteiger partial charge < -0.3 is 19.3 Å². The molecule has 3 unspecified atom stereocenters.